The van der Waals surface area contributed by atoms with E-state index in [0.29, 0.717) is 5.95 Å². The summed E-state index contributed by atoms with van der Waals surface area (Å²) in [5, 5.41) is 12.3. The zero-order valence-electron chi connectivity index (χ0n) is 10.9. The predicted octanol–water partition coefficient (Wildman–Crippen LogP) is 1.99. The van der Waals surface area contributed by atoms with Crippen LogP contribution < -0.4 is 11.1 Å². The first-order valence-electron chi connectivity index (χ1n) is 5.97. The van der Waals surface area contributed by atoms with Crippen LogP contribution in [0, 0.1) is 6.92 Å². The molecule has 0 saturated heterocycles. The van der Waals surface area contributed by atoms with Gasteiger partial charge in [-0.05, 0) is 13.3 Å². The van der Waals surface area contributed by atoms with Gasteiger partial charge in [0.05, 0.1) is 0 Å². The van der Waals surface area contributed by atoms with Crippen molar-refractivity contribution in [3.63, 3.8) is 0 Å². The van der Waals surface area contributed by atoms with Crippen LogP contribution in [0.5, 0.6) is 0 Å². The van der Waals surface area contributed by atoms with Crippen molar-refractivity contribution in [2.45, 2.75) is 24.6 Å². The Morgan fingerprint density at radius 2 is 2.26 bits per heavy atom. The van der Waals surface area contributed by atoms with Crippen molar-refractivity contribution in [2.75, 3.05) is 23.3 Å². The highest BCUT2D eigenvalue weighted by molar-refractivity contribution is 8.01. The average Bonchev–Trinajstić information content (AvgIpc) is 2.81. The molecule has 0 unspecified atom stereocenters. The van der Waals surface area contributed by atoms with Gasteiger partial charge in [-0.25, -0.2) is 4.98 Å². The molecule has 0 aliphatic carbocycles. The van der Waals surface area contributed by atoms with E-state index in [4.69, 9.17) is 5.73 Å². The number of nitrogens with one attached hydrogen (secondary N) is 1. The minimum Gasteiger partial charge on any atom is -0.369 e. The SMILES string of the molecule is CCc1cnc(N)nc1NCCSc1nnc(C)s1. The number of nitrogens with two attached hydrogens (primary N) is 1. The van der Waals surface area contributed by atoms with Crippen LogP contribution in [-0.4, -0.2) is 32.5 Å². The lowest BCUT2D eigenvalue weighted by molar-refractivity contribution is 0.982. The molecule has 0 spiro atoms. The first kappa shape index (κ1) is 14.0. The van der Waals surface area contributed by atoms with Crippen molar-refractivity contribution in [1.29, 1.82) is 0 Å². The number of thioether (sulfide) groups is 1. The van der Waals surface area contributed by atoms with E-state index in [1.54, 1.807) is 29.3 Å². The van der Waals surface area contributed by atoms with Gasteiger partial charge >= 0.3 is 0 Å². The van der Waals surface area contributed by atoms with E-state index >= 15 is 0 Å². The summed E-state index contributed by atoms with van der Waals surface area (Å²) in [5.41, 5.74) is 6.67. The van der Waals surface area contributed by atoms with Crippen LogP contribution in [0.1, 0.15) is 17.5 Å². The summed E-state index contributed by atoms with van der Waals surface area (Å²) < 4.78 is 0.997. The fourth-order valence-electron chi connectivity index (χ4n) is 1.48. The molecular weight excluding hydrogens is 280 g/mol. The zero-order chi connectivity index (χ0) is 13.7. The van der Waals surface area contributed by atoms with Crippen LogP contribution >= 0.6 is 23.1 Å². The van der Waals surface area contributed by atoms with E-state index in [1.165, 1.54) is 0 Å². The Morgan fingerprint density at radius 1 is 1.42 bits per heavy atom. The van der Waals surface area contributed by atoms with Gasteiger partial charge in [0, 0.05) is 24.1 Å². The molecule has 102 valence electrons. The highest BCUT2D eigenvalue weighted by Gasteiger charge is 2.05. The Bertz CT molecular complexity index is 542. The molecule has 0 bridgehead atoms. The minimum absolute atomic E-state index is 0.298. The summed E-state index contributed by atoms with van der Waals surface area (Å²) in [7, 11) is 0. The van der Waals surface area contributed by atoms with Crippen LogP contribution in [0.3, 0.4) is 0 Å². The summed E-state index contributed by atoms with van der Waals surface area (Å²) in [4.78, 5) is 8.21. The standard InChI is InChI=1S/C11H16N6S2/c1-3-8-6-14-10(12)15-9(8)13-4-5-18-11-17-16-7(2)19-11/h6H,3-5H2,1-2H3,(H3,12,13,14,15). The van der Waals surface area contributed by atoms with E-state index in [-0.39, 0.29) is 0 Å². The minimum atomic E-state index is 0.298. The number of hydrogen-bond acceptors (Lipinski definition) is 8. The maximum Gasteiger partial charge on any atom is 0.221 e. The van der Waals surface area contributed by atoms with Gasteiger partial charge in [-0.2, -0.15) is 4.98 Å². The van der Waals surface area contributed by atoms with E-state index in [1.807, 2.05) is 6.92 Å². The number of nitrogens with zero attached hydrogens (tertiary/aromatic N) is 4. The third kappa shape index (κ3) is 4.03. The van der Waals surface area contributed by atoms with Crippen molar-refractivity contribution in [3.8, 4) is 0 Å². The van der Waals surface area contributed by atoms with Crippen LogP contribution in [0.4, 0.5) is 11.8 Å². The number of aromatic nitrogens is 4. The molecular formula is C11H16N6S2. The fourth-order valence-corrected chi connectivity index (χ4v) is 3.22. The maximum absolute atomic E-state index is 5.60. The topological polar surface area (TPSA) is 89.6 Å². The van der Waals surface area contributed by atoms with E-state index < -0.39 is 0 Å². The lowest BCUT2D eigenvalue weighted by atomic mass is 10.2. The maximum atomic E-state index is 5.60. The molecule has 6 nitrogen and oxygen atoms in total. The Balaban J connectivity index is 1.83. The summed E-state index contributed by atoms with van der Waals surface area (Å²) in [6.07, 6.45) is 2.65. The highest BCUT2D eigenvalue weighted by Crippen LogP contribution is 2.21. The summed E-state index contributed by atoms with van der Waals surface area (Å²) >= 11 is 3.30. The number of nitrogen functional groups attached to an aromatic ring is 1. The first-order chi connectivity index (χ1) is 9.19. The molecule has 0 aliphatic heterocycles. The smallest absolute Gasteiger partial charge is 0.221 e. The molecule has 2 aromatic heterocycles. The summed E-state index contributed by atoms with van der Waals surface area (Å²) in [6, 6.07) is 0. The van der Waals surface area contributed by atoms with Crippen LogP contribution in [0.15, 0.2) is 10.5 Å². The molecule has 0 fully saturated rings. The second-order valence-corrected chi connectivity index (χ2v) is 6.34. The highest BCUT2D eigenvalue weighted by atomic mass is 32.2. The molecule has 0 radical (unpaired) electrons. The molecule has 8 heteroatoms. The van der Waals surface area contributed by atoms with Gasteiger partial charge in [-0.1, -0.05) is 30.0 Å². The number of anilines is 2. The Morgan fingerprint density at radius 3 is 2.95 bits per heavy atom. The third-order valence-corrected chi connectivity index (χ3v) is 4.37. The van der Waals surface area contributed by atoms with Gasteiger partial charge in [0.15, 0.2) is 4.34 Å². The third-order valence-electron chi connectivity index (χ3n) is 2.39. The molecule has 0 atom stereocenters. The van der Waals surface area contributed by atoms with Crippen molar-refractivity contribution >= 4 is 34.9 Å². The zero-order valence-corrected chi connectivity index (χ0v) is 12.5. The molecule has 0 amide bonds. The van der Waals surface area contributed by atoms with Gasteiger partial charge in [-0.15, -0.1) is 10.2 Å². The van der Waals surface area contributed by atoms with Gasteiger partial charge in [-0.3, -0.25) is 0 Å². The van der Waals surface area contributed by atoms with Crippen molar-refractivity contribution < 1.29 is 0 Å². The Labute approximate surface area is 120 Å². The molecule has 0 aliphatic rings. The van der Waals surface area contributed by atoms with Crippen molar-refractivity contribution in [3.05, 3.63) is 16.8 Å². The summed E-state index contributed by atoms with van der Waals surface area (Å²) in [6.45, 7) is 4.82. The second kappa shape index (κ2) is 6.67. The average molecular weight is 296 g/mol. The lowest BCUT2D eigenvalue weighted by Gasteiger charge is -2.09. The van der Waals surface area contributed by atoms with E-state index in [0.717, 1.165) is 39.4 Å². The fraction of sp³-hybridized carbons (Fsp3) is 0.455. The number of aryl methyl sites for hydroxylation is 2. The van der Waals surface area contributed by atoms with E-state index in [2.05, 4.69) is 32.4 Å². The van der Waals surface area contributed by atoms with Crippen LogP contribution in [-0.2, 0) is 6.42 Å². The molecule has 0 aromatic carbocycles. The molecule has 2 aromatic rings. The molecule has 2 rings (SSSR count). The quantitative estimate of drug-likeness (QED) is 0.622. The Kier molecular flexibility index (Phi) is 4.92. The van der Waals surface area contributed by atoms with Gasteiger partial charge in [0.25, 0.3) is 0 Å². The lowest BCUT2D eigenvalue weighted by Crippen LogP contribution is -2.10. The largest absolute Gasteiger partial charge is 0.369 e. The van der Waals surface area contributed by atoms with Gasteiger partial charge < -0.3 is 11.1 Å². The second-order valence-electron chi connectivity index (χ2n) is 3.82. The van der Waals surface area contributed by atoms with Crippen molar-refractivity contribution in [2.24, 2.45) is 0 Å². The normalized spacial score (nSPS) is 10.6. The van der Waals surface area contributed by atoms with E-state index in [9.17, 15) is 0 Å². The molecule has 2 heterocycles. The van der Waals surface area contributed by atoms with Crippen LogP contribution in [0.25, 0.3) is 0 Å². The monoisotopic (exact) mass is 296 g/mol. The van der Waals surface area contributed by atoms with Crippen LogP contribution in [0.2, 0.25) is 0 Å². The summed E-state index contributed by atoms with van der Waals surface area (Å²) in [5.74, 6) is 2.03. The number of hydrogen-bond donors (Lipinski definition) is 2. The number of rotatable bonds is 6. The molecule has 3 N–H and O–H groups in total. The van der Waals surface area contributed by atoms with Gasteiger partial charge in [0.1, 0.15) is 10.8 Å². The first-order valence-corrected chi connectivity index (χ1v) is 7.77. The Hall–Kier alpha value is -1.41. The molecule has 0 saturated carbocycles. The van der Waals surface area contributed by atoms with Gasteiger partial charge in [0.2, 0.25) is 5.95 Å². The van der Waals surface area contributed by atoms with Crippen molar-refractivity contribution in [1.82, 2.24) is 20.2 Å². The molecule has 19 heavy (non-hydrogen) atoms. The predicted molar refractivity (Wildman–Crippen MR) is 79.7 cm³/mol.